The lowest BCUT2D eigenvalue weighted by Gasteiger charge is -2.25. The molecule has 6 nitrogen and oxygen atoms in total. The summed E-state index contributed by atoms with van der Waals surface area (Å²) in [4.78, 5) is 14.6. The van der Waals surface area contributed by atoms with Crippen LogP contribution in [0.4, 0.5) is 0 Å². The van der Waals surface area contributed by atoms with Crippen LogP contribution in [-0.4, -0.2) is 53.1 Å². The lowest BCUT2D eigenvalue weighted by atomic mass is 10.0. The molecular weight excluding hydrogens is 350 g/mol. The van der Waals surface area contributed by atoms with Crippen LogP contribution in [0.25, 0.3) is 11.3 Å². The fourth-order valence-electron chi connectivity index (χ4n) is 3.57. The minimum atomic E-state index is -3.04. The Morgan fingerprint density at radius 2 is 2.04 bits per heavy atom. The second kappa shape index (κ2) is 6.87. The highest BCUT2D eigenvalue weighted by atomic mass is 32.2. The van der Waals surface area contributed by atoms with Gasteiger partial charge in [0.1, 0.15) is 0 Å². The maximum Gasteiger partial charge on any atom is 0.274 e. The van der Waals surface area contributed by atoms with Gasteiger partial charge in [-0.25, -0.2) is 8.42 Å². The van der Waals surface area contributed by atoms with E-state index in [1.54, 1.807) is 15.6 Å². The average Bonchev–Trinajstić information content (AvgIpc) is 3.13. The van der Waals surface area contributed by atoms with E-state index in [0.29, 0.717) is 18.7 Å². The molecule has 2 heterocycles. The van der Waals surface area contributed by atoms with E-state index in [4.69, 9.17) is 0 Å². The third-order valence-electron chi connectivity index (χ3n) is 5.02. The predicted octanol–water partition coefficient (Wildman–Crippen LogP) is 2.35. The minimum absolute atomic E-state index is 0.0449. The number of aromatic nitrogens is 2. The van der Waals surface area contributed by atoms with E-state index in [0.717, 1.165) is 22.4 Å². The van der Waals surface area contributed by atoms with Crippen LogP contribution in [0.3, 0.4) is 0 Å². The van der Waals surface area contributed by atoms with Crippen LogP contribution in [-0.2, 0) is 16.9 Å². The third kappa shape index (κ3) is 3.53. The molecular formula is C19H25N3O3S. The van der Waals surface area contributed by atoms with Crippen LogP contribution in [0, 0.1) is 13.8 Å². The molecule has 0 saturated carbocycles. The number of nitrogens with zero attached hydrogens (tertiary/aromatic N) is 3. The van der Waals surface area contributed by atoms with E-state index in [1.807, 2.05) is 27.8 Å². The summed E-state index contributed by atoms with van der Waals surface area (Å²) in [5, 5.41) is 4.41. The van der Waals surface area contributed by atoms with Crippen molar-refractivity contribution in [3.63, 3.8) is 0 Å². The van der Waals surface area contributed by atoms with Gasteiger partial charge in [-0.1, -0.05) is 17.7 Å². The lowest BCUT2D eigenvalue weighted by Crippen LogP contribution is -2.41. The highest BCUT2D eigenvalue weighted by Crippen LogP contribution is 2.26. The second-order valence-electron chi connectivity index (χ2n) is 7.00. The van der Waals surface area contributed by atoms with Crippen molar-refractivity contribution in [2.24, 2.45) is 7.05 Å². The van der Waals surface area contributed by atoms with Gasteiger partial charge in [0.25, 0.3) is 5.91 Å². The number of amides is 1. The molecule has 1 aromatic heterocycles. The number of aryl methyl sites for hydroxylation is 3. The molecule has 1 aliphatic rings. The summed E-state index contributed by atoms with van der Waals surface area (Å²) in [7, 11) is -1.22. The Hall–Kier alpha value is -2.15. The molecule has 0 bridgehead atoms. The first-order valence-electron chi connectivity index (χ1n) is 8.85. The molecule has 1 aliphatic heterocycles. The van der Waals surface area contributed by atoms with Crippen molar-refractivity contribution in [2.75, 3.05) is 18.1 Å². The van der Waals surface area contributed by atoms with Gasteiger partial charge in [0, 0.05) is 25.2 Å². The van der Waals surface area contributed by atoms with Gasteiger partial charge in [-0.3, -0.25) is 9.48 Å². The van der Waals surface area contributed by atoms with Crippen molar-refractivity contribution in [2.45, 2.75) is 33.2 Å². The summed E-state index contributed by atoms with van der Waals surface area (Å²) in [6.45, 7) is 6.40. The highest BCUT2D eigenvalue weighted by Gasteiger charge is 2.35. The quantitative estimate of drug-likeness (QED) is 0.822. The first-order chi connectivity index (χ1) is 12.2. The van der Waals surface area contributed by atoms with E-state index in [-0.39, 0.29) is 23.5 Å². The van der Waals surface area contributed by atoms with Crippen LogP contribution >= 0.6 is 0 Å². The smallest absolute Gasteiger partial charge is 0.274 e. The predicted molar refractivity (Wildman–Crippen MR) is 102 cm³/mol. The second-order valence-corrected chi connectivity index (χ2v) is 9.23. The number of hydrogen-bond acceptors (Lipinski definition) is 4. The van der Waals surface area contributed by atoms with E-state index < -0.39 is 9.84 Å². The molecule has 1 saturated heterocycles. The molecule has 140 valence electrons. The monoisotopic (exact) mass is 375 g/mol. The Bertz CT molecular complexity index is 947. The summed E-state index contributed by atoms with van der Waals surface area (Å²) in [5.74, 6) is -0.0116. The zero-order valence-electron chi connectivity index (χ0n) is 15.7. The van der Waals surface area contributed by atoms with Gasteiger partial charge in [-0.15, -0.1) is 0 Å². The number of rotatable bonds is 4. The summed E-state index contributed by atoms with van der Waals surface area (Å²) < 4.78 is 25.3. The number of carbonyl (C=O) groups excluding carboxylic acids is 1. The van der Waals surface area contributed by atoms with Gasteiger partial charge in [-0.2, -0.15) is 5.10 Å². The van der Waals surface area contributed by atoms with Crippen LogP contribution in [0.1, 0.15) is 35.0 Å². The van der Waals surface area contributed by atoms with Crippen molar-refractivity contribution < 1.29 is 13.2 Å². The van der Waals surface area contributed by atoms with Gasteiger partial charge >= 0.3 is 0 Å². The average molecular weight is 375 g/mol. The Balaban J connectivity index is 1.92. The number of carbonyl (C=O) groups is 1. The molecule has 0 N–H and O–H groups in total. The van der Waals surface area contributed by atoms with Crippen LogP contribution in [0.15, 0.2) is 24.3 Å². The van der Waals surface area contributed by atoms with Crippen molar-refractivity contribution >= 4 is 15.7 Å². The number of benzene rings is 1. The largest absolute Gasteiger partial charge is 0.333 e. The molecule has 26 heavy (non-hydrogen) atoms. The summed E-state index contributed by atoms with van der Waals surface area (Å²) in [6.07, 6.45) is 0.499. The first-order valence-corrected chi connectivity index (χ1v) is 10.7. The van der Waals surface area contributed by atoms with Crippen LogP contribution in [0.5, 0.6) is 0 Å². The molecule has 0 radical (unpaired) electrons. The van der Waals surface area contributed by atoms with E-state index in [1.165, 1.54) is 0 Å². The Morgan fingerprint density at radius 1 is 1.31 bits per heavy atom. The maximum absolute atomic E-state index is 13.0. The van der Waals surface area contributed by atoms with E-state index in [9.17, 15) is 13.2 Å². The van der Waals surface area contributed by atoms with Crippen molar-refractivity contribution in [1.82, 2.24) is 14.7 Å². The fraction of sp³-hybridized carbons (Fsp3) is 0.474. The van der Waals surface area contributed by atoms with Crippen LogP contribution in [0.2, 0.25) is 0 Å². The molecule has 0 aliphatic carbocycles. The fourth-order valence-corrected chi connectivity index (χ4v) is 5.30. The molecule has 1 aromatic carbocycles. The molecule has 1 amide bonds. The van der Waals surface area contributed by atoms with Crippen molar-refractivity contribution in [3.05, 3.63) is 41.1 Å². The molecule has 1 fully saturated rings. The molecule has 2 aromatic rings. The lowest BCUT2D eigenvalue weighted by molar-refractivity contribution is 0.0701. The topological polar surface area (TPSA) is 72.3 Å². The summed E-state index contributed by atoms with van der Waals surface area (Å²) >= 11 is 0. The SMILES string of the molecule is CCN(C(=O)c1cc(-c2cc(C)ccc2C)n(C)n1)C1CCS(=O)(=O)C1. The Labute approximate surface area is 154 Å². The molecule has 1 atom stereocenters. The Kier molecular flexibility index (Phi) is 4.92. The van der Waals surface area contributed by atoms with Crippen molar-refractivity contribution in [1.29, 1.82) is 0 Å². The molecule has 0 spiro atoms. The molecule has 3 rings (SSSR count). The highest BCUT2D eigenvalue weighted by molar-refractivity contribution is 7.91. The molecule has 1 unspecified atom stereocenters. The standard InChI is InChI=1S/C19H25N3O3S/c1-5-22(15-8-9-26(24,25)12-15)19(23)17-11-18(21(4)20-17)16-10-13(2)6-7-14(16)3/h6-7,10-11,15H,5,8-9,12H2,1-4H3. The number of sulfone groups is 1. The zero-order valence-corrected chi connectivity index (χ0v) is 16.5. The summed E-state index contributed by atoms with van der Waals surface area (Å²) in [5.41, 5.74) is 4.54. The van der Waals surface area contributed by atoms with Crippen molar-refractivity contribution in [3.8, 4) is 11.3 Å². The maximum atomic E-state index is 13.0. The van der Waals surface area contributed by atoms with Gasteiger partial charge < -0.3 is 4.90 Å². The van der Waals surface area contributed by atoms with E-state index in [2.05, 4.69) is 23.3 Å². The van der Waals surface area contributed by atoms with Gasteiger partial charge in [0.2, 0.25) is 0 Å². The molecule has 7 heteroatoms. The Morgan fingerprint density at radius 3 is 2.65 bits per heavy atom. The normalized spacial score (nSPS) is 18.8. The first kappa shape index (κ1) is 18.6. The van der Waals surface area contributed by atoms with E-state index >= 15 is 0 Å². The number of hydrogen-bond donors (Lipinski definition) is 0. The van der Waals surface area contributed by atoms with Gasteiger partial charge in [0.15, 0.2) is 15.5 Å². The third-order valence-corrected chi connectivity index (χ3v) is 6.77. The van der Waals surface area contributed by atoms with Crippen LogP contribution < -0.4 is 0 Å². The summed E-state index contributed by atoms with van der Waals surface area (Å²) in [6, 6.07) is 7.74. The minimum Gasteiger partial charge on any atom is -0.333 e. The van der Waals surface area contributed by atoms with Gasteiger partial charge in [-0.05, 0) is 44.9 Å². The van der Waals surface area contributed by atoms with Gasteiger partial charge in [0.05, 0.1) is 17.2 Å². The zero-order chi connectivity index (χ0) is 19.1.